The number of nitrogen functional groups attached to an aromatic ring is 1. The van der Waals surface area contributed by atoms with Gasteiger partial charge in [-0.3, -0.25) is 0 Å². The molecule has 2 rings (SSSR count). The maximum absolute atomic E-state index is 9.14. The van der Waals surface area contributed by atoms with E-state index < -0.39 is 0 Å². The summed E-state index contributed by atoms with van der Waals surface area (Å²) >= 11 is 1.33. The number of rotatable bonds is 1. The third-order valence-corrected chi connectivity index (χ3v) is 3.31. The summed E-state index contributed by atoms with van der Waals surface area (Å²) in [5, 5.41) is 18.9. The monoisotopic (exact) mass is 204 g/mol. The van der Waals surface area contributed by atoms with Crippen molar-refractivity contribution in [3.05, 3.63) is 28.6 Å². The summed E-state index contributed by atoms with van der Waals surface area (Å²) in [7, 11) is 0. The highest BCUT2D eigenvalue weighted by molar-refractivity contribution is 7.20. The van der Waals surface area contributed by atoms with E-state index in [0.717, 1.165) is 10.1 Å². The Morgan fingerprint density at radius 1 is 1.50 bits per heavy atom. The Morgan fingerprint density at radius 2 is 2.29 bits per heavy atom. The second kappa shape index (κ2) is 3.29. The van der Waals surface area contributed by atoms with Crippen LogP contribution in [0.15, 0.2) is 18.2 Å². The first kappa shape index (κ1) is 9.00. The average Bonchev–Trinajstić information content (AvgIpc) is 2.57. The average molecular weight is 204 g/mol. The van der Waals surface area contributed by atoms with Crippen LogP contribution in [0.4, 0.5) is 5.69 Å². The summed E-state index contributed by atoms with van der Waals surface area (Å²) < 4.78 is 0.883. The minimum Gasteiger partial charge on any atom is -0.398 e. The van der Waals surface area contributed by atoms with Crippen LogP contribution < -0.4 is 5.73 Å². The molecule has 0 atom stereocenters. The van der Waals surface area contributed by atoms with Crippen molar-refractivity contribution in [1.29, 1.82) is 5.26 Å². The van der Waals surface area contributed by atoms with Crippen molar-refractivity contribution in [3.8, 4) is 6.07 Å². The molecule has 3 nitrogen and oxygen atoms in total. The number of fused-ring (bicyclic) bond motifs is 1. The third-order valence-electron chi connectivity index (χ3n) is 2.11. The van der Waals surface area contributed by atoms with Gasteiger partial charge in [0, 0.05) is 16.6 Å². The number of hydrogen-bond donors (Lipinski definition) is 2. The molecule has 0 radical (unpaired) electrons. The van der Waals surface area contributed by atoms with E-state index >= 15 is 0 Å². The zero-order chi connectivity index (χ0) is 10.1. The number of thiophene rings is 1. The summed E-state index contributed by atoms with van der Waals surface area (Å²) in [6.07, 6.45) is 0. The van der Waals surface area contributed by atoms with Crippen molar-refractivity contribution >= 4 is 27.1 Å². The van der Waals surface area contributed by atoms with E-state index in [2.05, 4.69) is 6.07 Å². The smallest absolute Gasteiger partial charge is 0.111 e. The number of nitriles is 1. The second-order valence-electron chi connectivity index (χ2n) is 2.90. The standard InChI is InChI=1S/C10H8N2OS/c11-4-9-7(5-13)6-2-1-3-8(12)10(6)14-9/h1-3,13H,5,12H2. The van der Waals surface area contributed by atoms with Crippen LogP contribution in [0.25, 0.3) is 10.1 Å². The zero-order valence-electron chi connectivity index (χ0n) is 7.32. The number of nitrogens with zero attached hydrogens (tertiary/aromatic N) is 1. The van der Waals surface area contributed by atoms with Gasteiger partial charge in [-0.25, -0.2) is 0 Å². The van der Waals surface area contributed by atoms with Crippen molar-refractivity contribution in [2.45, 2.75) is 6.61 Å². The number of anilines is 1. The molecule has 0 spiro atoms. The van der Waals surface area contributed by atoms with Gasteiger partial charge in [-0.05, 0) is 6.07 Å². The van der Waals surface area contributed by atoms with Crippen molar-refractivity contribution in [2.24, 2.45) is 0 Å². The molecular formula is C10H8N2OS. The van der Waals surface area contributed by atoms with Crippen LogP contribution in [-0.2, 0) is 6.61 Å². The summed E-state index contributed by atoms with van der Waals surface area (Å²) in [5.74, 6) is 0. The first-order valence-electron chi connectivity index (χ1n) is 4.08. The predicted molar refractivity (Wildman–Crippen MR) is 56.9 cm³/mol. The lowest BCUT2D eigenvalue weighted by molar-refractivity contribution is 0.283. The van der Waals surface area contributed by atoms with Crippen molar-refractivity contribution in [2.75, 3.05) is 5.73 Å². The molecule has 0 unspecified atom stereocenters. The van der Waals surface area contributed by atoms with Crippen molar-refractivity contribution in [1.82, 2.24) is 0 Å². The molecule has 2 aromatic rings. The molecule has 70 valence electrons. The van der Waals surface area contributed by atoms with Crippen molar-refractivity contribution < 1.29 is 5.11 Å². The molecule has 0 fully saturated rings. The topological polar surface area (TPSA) is 70.0 Å². The van der Waals surface area contributed by atoms with E-state index in [1.54, 1.807) is 6.07 Å². The van der Waals surface area contributed by atoms with Gasteiger partial charge in [0.15, 0.2) is 0 Å². The lowest BCUT2D eigenvalue weighted by atomic mass is 10.1. The van der Waals surface area contributed by atoms with Crippen LogP contribution in [0.5, 0.6) is 0 Å². The Kier molecular flexibility index (Phi) is 2.12. The van der Waals surface area contributed by atoms with E-state index in [-0.39, 0.29) is 6.61 Å². The quantitative estimate of drug-likeness (QED) is 0.696. The molecule has 14 heavy (non-hydrogen) atoms. The van der Waals surface area contributed by atoms with E-state index in [0.29, 0.717) is 16.1 Å². The normalized spacial score (nSPS) is 10.3. The Labute approximate surface area is 85.0 Å². The highest BCUT2D eigenvalue weighted by atomic mass is 32.1. The molecule has 0 aliphatic rings. The van der Waals surface area contributed by atoms with Gasteiger partial charge in [0.2, 0.25) is 0 Å². The van der Waals surface area contributed by atoms with Gasteiger partial charge in [-0.1, -0.05) is 12.1 Å². The van der Waals surface area contributed by atoms with Crippen LogP contribution in [0, 0.1) is 11.3 Å². The van der Waals surface area contributed by atoms with E-state index in [1.807, 2.05) is 12.1 Å². The number of aliphatic hydroxyl groups is 1. The fourth-order valence-corrected chi connectivity index (χ4v) is 2.47. The summed E-state index contributed by atoms with van der Waals surface area (Å²) in [6, 6.07) is 7.55. The lowest BCUT2D eigenvalue weighted by Crippen LogP contribution is -1.85. The Balaban J connectivity index is 2.88. The van der Waals surface area contributed by atoms with Gasteiger partial charge >= 0.3 is 0 Å². The van der Waals surface area contributed by atoms with E-state index in [4.69, 9.17) is 16.1 Å². The SMILES string of the molecule is N#Cc1sc2c(N)cccc2c1CO. The van der Waals surface area contributed by atoms with Gasteiger partial charge in [0.25, 0.3) is 0 Å². The number of benzene rings is 1. The zero-order valence-corrected chi connectivity index (χ0v) is 8.14. The van der Waals surface area contributed by atoms with Crippen LogP contribution >= 0.6 is 11.3 Å². The van der Waals surface area contributed by atoms with Crippen LogP contribution in [0.1, 0.15) is 10.4 Å². The molecule has 1 heterocycles. The maximum Gasteiger partial charge on any atom is 0.111 e. The fraction of sp³-hybridized carbons (Fsp3) is 0.100. The predicted octanol–water partition coefficient (Wildman–Crippen LogP) is 1.85. The summed E-state index contributed by atoms with van der Waals surface area (Å²) in [5.41, 5.74) is 7.10. The lowest BCUT2D eigenvalue weighted by Gasteiger charge is -1.95. The highest BCUT2D eigenvalue weighted by Gasteiger charge is 2.11. The van der Waals surface area contributed by atoms with E-state index in [9.17, 15) is 0 Å². The minimum absolute atomic E-state index is 0.119. The van der Waals surface area contributed by atoms with E-state index in [1.165, 1.54) is 11.3 Å². The number of nitrogens with two attached hydrogens (primary N) is 1. The summed E-state index contributed by atoms with van der Waals surface area (Å²) in [6.45, 7) is -0.119. The van der Waals surface area contributed by atoms with Crippen LogP contribution in [0.2, 0.25) is 0 Å². The first-order chi connectivity index (χ1) is 6.77. The Morgan fingerprint density at radius 3 is 2.93 bits per heavy atom. The molecule has 1 aromatic heterocycles. The number of hydrogen-bond acceptors (Lipinski definition) is 4. The van der Waals surface area contributed by atoms with Gasteiger partial charge in [-0.2, -0.15) is 5.26 Å². The Hall–Kier alpha value is -1.57. The van der Waals surface area contributed by atoms with Crippen molar-refractivity contribution in [3.63, 3.8) is 0 Å². The van der Waals surface area contributed by atoms with Crippen LogP contribution in [0.3, 0.4) is 0 Å². The first-order valence-corrected chi connectivity index (χ1v) is 4.90. The largest absolute Gasteiger partial charge is 0.398 e. The fourth-order valence-electron chi connectivity index (χ4n) is 1.44. The van der Waals surface area contributed by atoms with Gasteiger partial charge in [-0.15, -0.1) is 11.3 Å². The molecule has 0 aliphatic carbocycles. The molecule has 0 aliphatic heterocycles. The molecule has 0 saturated heterocycles. The van der Waals surface area contributed by atoms with Gasteiger partial charge in [0.05, 0.1) is 11.3 Å². The van der Waals surface area contributed by atoms with Crippen LogP contribution in [-0.4, -0.2) is 5.11 Å². The minimum atomic E-state index is -0.119. The summed E-state index contributed by atoms with van der Waals surface area (Å²) in [4.78, 5) is 0.542. The third kappa shape index (κ3) is 1.15. The molecule has 1 aromatic carbocycles. The molecule has 4 heteroatoms. The maximum atomic E-state index is 9.14. The molecule has 3 N–H and O–H groups in total. The second-order valence-corrected chi connectivity index (χ2v) is 3.92. The molecule has 0 bridgehead atoms. The molecular weight excluding hydrogens is 196 g/mol. The number of aliphatic hydroxyl groups excluding tert-OH is 1. The molecule has 0 amide bonds. The van der Waals surface area contributed by atoms with Gasteiger partial charge in [0.1, 0.15) is 10.9 Å². The Bertz CT molecular complexity index is 525. The highest BCUT2D eigenvalue weighted by Crippen LogP contribution is 2.34. The van der Waals surface area contributed by atoms with Gasteiger partial charge < -0.3 is 10.8 Å². The molecule has 0 saturated carbocycles.